The number of nitrogens with zero attached hydrogens (tertiary/aromatic N) is 1. The van der Waals surface area contributed by atoms with E-state index in [9.17, 15) is 9.59 Å². The average molecular weight is 370 g/mol. The predicted octanol–water partition coefficient (Wildman–Crippen LogP) is 4.74. The molecule has 0 bridgehead atoms. The second kappa shape index (κ2) is 7.22. The van der Waals surface area contributed by atoms with Crippen LogP contribution in [-0.4, -0.2) is 16.4 Å². The van der Waals surface area contributed by atoms with Gasteiger partial charge in [-0.15, -0.1) is 0 Å². The van der Waals surface area contributed by atoms with Crippen LogP contribution in [0.3, 0.4) is 0 Å². The van der Waals surface area contributed by atoms with Gasteiger partial charge in [-0.3, -0.25) is 9.59 Å². The maximum Gasteiger partial charge on any atom is 0.272 e. The second-order valence-electron chi connectivity index (χ2n) is 6.15. The number of halogens is 1. The van der Waals surface area contributed by atoms with Crippen molar-refractivity contribution in [1.29, 1.82) is 0 Å². The summed E-state index contributed by atoms with van der Waals surface area (Å²) in [6, 6.07) is 12.8. The van der Waals surface area contributed by atoms with Gasteiger partial charge in [-0.05, 0) is 42.8 Å². The van der Waals surface area contributed by atoms with Crippen molar-refractivity contribution in [3.63, 3.8) is 0 Å². The number of anilines is 2. The third kappa shape index (κ3) is 3.44. The quantitative estimate of drug-likeness (QED) is 0.697. The first kappa shape index (κ1) is 18.0. The first-order valence-corrected chi connectivity index (χ1v) is 8.74. The summed E-state index contributed by atoms with van der Waals surface area (Å²) in [5, 5.41) is 7.26. The standard InChI is InChI=1S/C20H20ClN3O2/c1-4-18(25)22-14-8-9-16(12(2)10-14)23-20(26)17-11-13-6-5-7-15(21)19(13)24(17)3/h5-11H,4H2,1-3H3,(H,22,25)(H,23,26). The van der Waals surface area contributed by atoms with Crippen LogP contribution in [0.2, 0.25) is 5.02 Å². The Morgan fingerprint density at radius 2 is 1.88 bits per heavy atom. The molecule has 6 heteroatoms. The highest BCUT2D eigenvalue weighted by molar-refractivity contribution is 6.35. The zero-order valence-corrected chi connectivity index (χ0v) is 15.6. The predicted molar refractivity (Wildman–Crippen MR) is 106 cm³/mol. The highest BCUT2D eigenvalue weighted by Gasteiger charge is 2.16. The van der Waals surface area contributed by atoms with Gasteiger partial charge in [-0.2, -0.15) is 0 Å². The Bertz CT molecular complexity index is 1010. The molecule has 0 unspecified atom stereocenters. The normalized spacial score (nSPS) is 10.8. The summed E-state index contributed by atoms with van der Waals surface area (Å²) in [7, 11) is 1.82. The Morgan fingerprint density at radius 1 is 1.12 bits per heavy atom. The van der Waals surface area contributed by atoms with Crippen LogP contribution in [0.15, 0.2) is 42.5 Å². The van der Waals surface area contributed by atoms with E-state index in [1.165, 1.54) is 0 Å². The van der Waals surface area contributed by atoms with E-state index in [1.54, 1.807) is 29.7 Å². The van der Waals surface area contributed by atoms with Crippen LogP contribution in [0.4, 0.5) is 11.4 Å². The summed E-state index contributed by atoms with van der Waals surface area (Å²) in [5.41, 5.74) is 3.62. The van der Waals surface area contributed by atoms with Crippen molar-refractivity contribution in [2.75, 3.05) is 10.6 Å². The van der Waals surface area contributed by atoms with Gasteiger partial charge >= 0.3 is 0 Å². The minimum atomic E-state index is -0.215. The van der Waals surface area contributed by atoms with Crippen molar-refractivity contribution in [2.24, 2.45) is 7.05 Å². The topological polar surface area (TPSA) is 63.1 Å². The fourth-order valence-electron chi connectivity index (χ4n) is 2.90. The van der Waals surface area contributed by atoms with Gasteiger partial charge in [0.25, 0.3) is 5.91 Å². The molecular formula is C20H20ClN3O2. The molecule has 0 aliphatic carbocycles. The molecule has 2 amide bonds. The molecule has 0 spiro atoms. The maximum atomic E-state index is 12.7. The van der Waals surface area contributed by atoms with Gasteiger partial charge in [0.2, 0.25) is 5.91 Å². The molecule has 2 aromatic carbocycles. The molecule has 3 aromatic rings. The van der Waals surface area contributed by atoms with E-state index in [4.69, 9.17) is 11.6 Å². The lowest BCUT2D eigenvalue weighted by Crippen LogP contribution is -2.16. The number of hydrogen-bond acceptors (Lipinski definition) is 2. The number of nitrogens with one attached hydrogen (secondary N) is 2. The molecule has 0 saturated heterocycles. The van der Waals surface area contributed by atoms with Crippen molar-refractivity contribution >= 4 is 45.7 Å². The molecular weight excluding hydrogens is 350 g/mol. The maximum absolute atomic E-state index is 12.7. The molecule has 0 aliphatic heterocycles. The Kier molecular flexibility index (Phi) is 5.00. The number of hydrogen-bond donors (Lipinski definition) is 2. The zero-order chi connectivity index (χ0) is 18.8. The molecule has 1 heterocycles. The summed E-state index contributed by atoms with van der Waals surface area (Å²) in [4.78, 5) is 24.2. The largest absolute Gasteiger partial charge is 0.338 e. The first-order valence-electron chi connectivity index (χ1n) is 8.36. The SMILES string of the molecule is CCC(=O)Nc1ccc(NC(=O)c2cc3cccc(Cl)c3n2C)c(C)c1. The van der Waals surface area contributed by atoms with Crippen LogP contribution in [0.5, 0.6) is 0 Å². The van der Waals surface area contributed by atoms with Crippen LogP contribution in [-0.2, 0) is 11.8 Å². The van der Waals surface area contributed by atoms with Crippen LogP contribution in [0.25, 0.3) is 10.9 Å². The molecule has 0 fully saturated rings. The molecule has 0 saturated carbocycles. The Balaban J connectivity index is 1.85. The number of para-hydroxylation sites is 1. The Labute approximate surface area is 157 Å². The highest BCUT2D eigenvalue weighted by Crippen LogP contribution is 2.27. The van der Waals surface area contributed by atoms with Gasteiger partial charge in [-0.25, -0.2) is 0 Å². The third-order valence-electron chi connectivity index (χ3n) is 4.32. The molecule has 5 nitrogen and oxygen atoms in total. The fourth-order valence-corrected chi connectivity index (χ4v) is 3.21. The van der Waals surface area contributed by atoms with Gasteiger partial charge in [0.1, 0.15) is 5.69 Å². The molecule has 2 N–H and O–H groups in total. The smallest absolute Gasteiger partial charge is 0.272 e. The lowest BCUT2D eigenvalue weighted by Gasteiger charge is -2.11. The van der Waals surface area contributed by atoms with Crippen molar-refractivity contribution < 1.29 is 9.59 Å². The summed E-state index contributed by atoms with van der Waals surface area (Å²) in [5.74, 6) is -0.262. The summed E-state index contributed by atoms with van der Waals surface area (Å²) in [6.45, 7) is 3.68. The molecule has 0 aliphatic rings. The number of aryl methyl sites for hydroxylation is 2. The first-order chi connectivity index (χ1) is 12.4. The van der Waals surface area contributed by atoms with E-state index in [0.29, 0.717) is 28.5 Å². The number of fused-ring (bicyclic) bond motifs is 1. The van der Waals surface area contributed by atoms with Crippen LogP contribution < -0.4 is 10.6 Å². The molecule has 0 radical (unpaired) electrons. The molecule has 3 rings (SSSR count). The highest BCUT2D eigenvalue weighted by atomic mass is 35.5. The van der Waals surface area contributed by atoms with Crippen LogP contribution in [0.1, 0.15) is 29.4 Å². The number of carbonyl (C=O) groups is 2. The second-order valence-corrected chi connectivity index (χ2v) is 6.56. The van der Waals surface area contributed by atoms with E-state index in [1.807, 2.05) is 38.2 Å². The monoisotopic (exact) mass is 369 g/mol. The lowest BCUT2D eigenvalue weighted by atomic mass is 10.1. The van der Waals surface area contributed by atoms with Crippen molar-refractivity contribution in [2.45, 2.75) is 20.3 Å². The van der Waals surface area contributed by atoms with E-state index in [0.717, 1.165) is 16.5 Å². The van der Waals surface area contributed by atoms with Crippen LogP contribution in [0, 0.1) is 6.92 Å². The van der Waals surface area contributed by atoms with Gasteiger partial charge in [0, 0.05) is 30.2 Å². The van der Waals surface area contributed by atoms with Crippen molar-refractivity contribution in [3.05, 3.63) is 58.7 Å². The molecule has 0 atom stereocenters. The van der Waals surface area contributed by atoms with E-state index in [-0.39, 0.29) is 11.8 Å². The van der Waals surface area contributed by atoms with Gasteiger partial charge in [0.05, 0.1) is 10.5 Å². The summed E-state index contributed by atoms with van der Waals surface area (Å²) in [6.07, 6.45) is 0.418. The summed E-state index contributed by atoms with van der Waals surface area (Å²) >= 11 is 6.25. The summed E-state index contributed by atoms with van der Waals surface area (Å²) < 4.78 is 1.79. The third-order valence-corrected chi connectivity index (χ3v) is 4.62. The minimum absolute atomic E-state index is 0.0476. The van der Waals surface area contributed by atoms with Crippen LogP contribution >= 0.6 is 11.6 Å². The number of carbonyl (C=O) groups excluding carboxylic acids is 2. The van der Waals surface area contributed by atoms with E-state index >= 15 is 0 Å². The van der Waals surface area contributed by atoms with Gasteiger partial charge in [0.15, 0.2) is 0 Å². The lowest BCUT2D eigenvalue weighted by molar-refractivity contribution is -0.115. The zero-order valence-electron chi connectivity index (χ0n) is 14.9. The number of amides is 2. The molecule has 1 aromatic heterocycles. The number of benzene rings is 2. The number of aromatic nitrogens is 1. The van der Waals surface area contributed by atoms with Gasteiger partial charge < -0.3 is 15.2 Å². The van der Waals surface area contributed by atoms with E-state index < -0.39 is 0 Å². The van der Waals surface area contributed by atoms with Crippen molar-refractivity contribution in [1.82, 2.24) is 4.57 Å². The average Bonchev–Trinajstić information content (AvgIpc) is 2.95. The van der Waals surface area contributed by atoms with Crippen molar-refractivity contribution in [3.8, 4) is 0 Å². The molecule has 26 heavy (non-hydrogen) atoms. The van der Waals surface area contributed by atoms with E-state index in [2.05, 4.69) is 10.6 Å². The van der Waals surface area contributed by atoms with Gasteiger partial charge in [-0.1, -0.05) is 30.7 Å². The fraction of sp³-hybridized carbons (Fsp3) is 0.200. The molecule has 134 valence electrons. The Morgan fingerprint density at radius 3 is 2.54 bits per heavy atom. The minimum Gasteiger partial charge on any atom is -0.338 e. The number of rotatable bonds is 4. The Hall–Kier alpha value is -2.79.